The molecule has 2 bridgehead atoms. The second kappa shape index (κ2) is 5.17. The molecule has 2 aliphatic rings. The number of carbonyl (C=O) groups is 1. The maximum absolute atomic E-state index is 12.6. The van der Waals surface area contributed by atoms with E-state index in [0.29, 0.717) is 11.5 Å². The van der Waals surface area contributed by atoms with Gasteiger partial charge >= 0.3 is 5.97 Å². The highest BCUT2D eigenvalue weighted by atomic mass is 16.7. The van der Waals surface area contributed by atoms with Gasteiger partial charge in [-0.1, -0.05) is 62.3 Å². The number of hydrogen-bond acceptors (Lipinski definition) is 3. The van der Waals surface area contributed by atoms with Gasteiger partial charge in [0.05, 0.1) is 11.3 Å². The Labute approximate surface area is 142 Å². The molecule has 0 heterocycles. The number of hydrogen-bond donors (Lipinski definition) is 0. The van der Waals surface area contributed by atoms with Gasteiger partial charge in [0.25, 0.3) is 0 Å². The normalized spacial score (nSPS) is 29.3. The molecule has 0 amide bonds. The van der Waals surface area contributed by atoms with Crippen molar-refractivity contribution in [3.05, 3.63) is 48.0 Å². The minimum atomic E-state index is -0.372. The molecule has 0 spiro atoms. The zero-order chi connectivity index (χ0) is 16.9. The molecule has 2 aromatic carbocycles. The smallest absolute Gasteiger partial charge is 0.313 e. The fourth-order valence-electron chi connectivity index (χ4n) is 4.62. The first-order valence-electron chi connectivity index (χ1n) is 8.70. The van der Waals surface area contributed by atoms with Gasteiger partial charge in [0, 0.05) is 5.41 Å². The Kier molecular flexibility index (Phi) is 3.31. The van der Waals surface area contributed by atoms with Crippen LogP contribution in [-0.4, -0.2) is 11.7 Å². The molecule has 3 nitrogen and oxygen atoms in total. The van der Waals surface area contributed by atoms with E-state index in [9.17, 15) is 4.79 Å². The molecule has 2 aliphatic carbocycles. The summed E-state index contributed by atoms with van der Waals surface area (Å²) in [6, 6.07) is 13.5. The second-order valence-electron chi connectivity index (χ2n) is 7.94. The monoisotopic (exact) mass is 321 g/mol. The van der Waals surface area contributed by atoms with Crippen LogP contribution in [0.4, 0.5) is 0 Å². The van der Waals surface area contributed by atoms with Gasteiger partial charge in [-0.25, -0.2) is 4.79 Å². The molecule has 0 aliphatic heterocycles. The molecule has 0 saturated heterocycles. The van der Waals surface area contributed by atoms with Crippen LogP contribution in [0.3, 0.4) is 0 Å². The van der Waals surface area contributed by atoms with Crippen molar-refractivity contribution >= 4 is 22.5 Å². The quantitative estimate of drug-likeness (QED) is 0.563. The third-order valence-electron chi connectivity index (χ3n) is 6.76. The SMILES string of the molecule is CC1(C)[C@H]2CC[C@]1(C)C(=NOC(=O)c1cccc3ccccc13)C2. The predicted molar refractivity (Wildman–Crippen MR) is 96.0 cm³/mol. The first kappa shape index (κ1) is 15.4. The molecule has 24 heavy (non-hydrogen) atoms. The maximum atomic E-state index is 12.6. The summed E-state index contributed by atoms with van der Waals surface area (Å²) in [4.78, 5) is 17.9. The summed E-state index contributed by atoms with van der Waals surface area (Å²) >= 11 is 0. The van der Waals surface area contributed by atoms with Crippen molar-refractivity contribution in [2.75, 3.05) is 0 Å². The summed E-state index contributed by atoms with van der Waals surface area (Å²) in [5.74, 6) is 0.279. The van der Waals surface area contributed by atoms with Crippen LogP contribution in [0, 0.1) is 16.7 Å². The van der Waals surface area contributed by atoms with Crippen LogP contribution in [-0.2, 0) is 4.84 Å². The lowest BCUT2D eigenvalue weighted by atomic mass is 9.70. The van der Waals surface area contributed by atoms with Crippen LogP contribution < -0.4 is 0 Å². The Morgan fingerprint density at radius 1 is 1.12 bits per heavy atom. The molecular formula is C21H23NO2. The van der Waals surface area contributed by atoms with Crippen molar-refractivity contribution in [3.8, 4) is 0 Å². The summed E-state index contributed by atoms with van der Waals surface area (Å²) in [7, 11) is 0. The Hall–Kier alpha value is -2.16. The fourth-order valence-corrected chi connectivity index (χ4v) is 4.62. The molecule has 2 saturated carbocycles. The van der Waals surface area contributed by atoms with Crippen LogP contribution in [0.25, 0.3) is 10.8 Å². The highest BCUT2D eigenvalue weighted by Crippen LogP contribution is 2.64. The van der Waals surface area contributed by atoms with E-state index in [1.165, 1.54) is 6.42 Å². The van der Waals surface area contributed by atoms with Crippen molar-refractivity contribution in [3.63, 3.8) is 0 Å². The molecular weight excluding hydrogens is 298 g/mol. The average Bonchev–Trinajstić information content (AvgIpc) is 2.92. The molecule has 2 atom stereocenters. The van der Waals surface area contributed by atoms with E-state index in [2.05, 4.69) is 25.9 Å². The van der Waals surface area contributed by atoms with Gasteiger partial charge in [-0.3, -0.25) is 0 Å². The highest BCUT2D eigenvalue weighted by Gasteiger charge is 2.60. The van der Waals surface area contributed by atoms with Gasteiger partial charge in [0.1, 0.15) is 0 Å². The molecule has 4 rings (SSSR count). The molecule has 2 fully saturated rings. The van der Waals surface area contributed by atoms with Gasteiger partial charge < -0.3 is 4.84 Å². The summed E-state index contributed by atoms with van der Waals surface area (Å²) in [5.41, 5.74) is 1.91. The third kappa shape index (κ3) is 2.03. The van der Waals surface area contributed by atoms with Gasteiger partial charge in [0.2, 0.25) is 0 Å². The number of rotatable bonds is 2. The number of oxime groups is 1. The number of nitrogens with zero attached hydrogens (tertiary/aromatic N) is 1. The Morgan fingerprint density at radius 3 is 2.58 bits per heavy atom. The van der Waals surface area contributed by atoms with Crippen molar-refractivity contribution in [2.45, 2.75) is 40.0 Å². The summed E-state index contributed by atoms with van der Waals surface area (Å²) < 4.78 is 0. The molecule has 0 aromatic heterocycles. The molecule has 0 N–H and O–H groups in total. The van der Waals surface area contributed by atoms with Crippen LogP contribution in [0.15, 0.2) is 47.6 Å². The Bertz CT molecular complexity index is 847. The van der Waals surface area contributed by atoms with Crippen LogP contribution in [0.5, 0.6) is 0 Å². The van der Waals surface area contributed by atoms with Gasteiger partial charge in [-0.05, 0) is 47.4 Å². The zero-order valence-electron chi connectivity index (χ0n) is 14.5. The van der Waals surface area contributed by atoms with Crippen LogP contribution in [0.2, 0.25) is 0 Å². The highest BCUT2D eigenvalue weighted by molar-refractivity contribution is 6.04. The van der Waals surface area contributed by atoms with E-state index in [1.807, 2.05) is 36.4 Å². The maximum Gasteiger partial charge on any atom is 0.366 e. The minimum absolute atomic E-state index is 0.0523. The van der Waals surface area contributed by atoms with Gasteiger partial charge in [-0.15, -0.1) is 0 Å². The number of benzene rings is 2. The Morgan fingerprint density at radius 2 is 1.88 bits per heavy atom. The number of fused-ring (bicyclic) bond motifs is 3. The largest absolute Gasteiger partial charge is 0.366 e. The Balaban J connectivity index is 1.62. The van der Waals surface area contributed by atoms with Crippen LogP contribution >= 0.6 is 0 Å². The molecule has 3 heteroatoms. The molecule has 0 unspecified atom stereocenters. The van der Waals surface area contributed by atoms with E-state index < -0.39 is 0 Å². The van der Waals surface area contributed by atoms with Crippen molar-refractivity contribution in [2.24, 2.45) is 21.9 Å². The summed E-state index contributed by atoms with van der Waals surface area (Å²) in [6.45, 7) is 6.91. The number of carbonyl (C=O) groups excluding carboxylic acids is 1. The van der Waals surface area contributed by atoms with E-state index in [-0.39, 0.29) is 16.8 Å². The molecule has 124 valence electrons. The summed E-state index contributed by atoms with van der Waals surface area (Å²) in [6.07, 6.45) is 3.33. The molecule has 2 aromatic rings. The van der Waals surface area contributed by atoms with E-state index >= 15 is 0 Å². The van der Waals surface area contributed by atoms with Crippen molar-refractivity contribution in [1.29, 1.82) is 0 Å². The minimum Gasteiger partial charge on any atom is -0.313 e. The first-order chi connectivity index (χ1) is 11.4. The average molecular weight is 321 g/mol. The first-order valence-corrected chi connectivity index (χ1v) is 8.70. The fraction of sp³-hybridized carbons (Fsp3) is 0.429. The third-order valence-corrected chi connectivity index (χ3v) is 6.76. The lowest BCUT2D eigenvalue weighted by molar-refractivity contribution is 0.0510. The standard InChI is InChI=1S/C21H23NO2/c1-20(2)15-11-12-21(20,3)18(13-15)22-24-19(23)17-10-6-8-14-7-4-5-9-16(14)17/h4-10,15H,11-13H2,1-3H3/t15-,21+/m0/s1. The van der Waals surface area contributed by atoms with Crippen molar-refractivity contribution in [1.82, 2.24) is 0 Å². The topological polar surface area (TPSA) is 38.7 Å². The predicted octanol–water partition coefficient (Wildman–Crippen LogP) is 5.20. The van der Waals surface area contributed by atoms with E-state index in [4.69, 9.17) is 4.84 Å². The lowest BCUT2D eigenvalue weighted by Crippen LogP contribution is -2.32. The van der Waals surface area contributed by atoms with E-state index in [1.54, 1.807) is 6.07 Å². The zero-order valence-corrected chi connectivity index (χ0v) is 14.5. The van der Waals surface area contributed by atoms with Crippen molar-refractivity contribution < 1.29 is 9.63 Å². The van der Waals surface area contributed by atoms with E-state index in [0.717, 1.165) is 29.3 Å². The van der Waals surface area contributed by atoms with Gasteiger partial charge in [-0.2, -0.15) is 0 Å². The molecule has 0 radical (unpaired) electrons. The summed E-state index contributed by atoms with van der Waals surface area (Å²) in [5, 5.41) is 6.27. The second-order valence-corrected chi connectivity index (χ2v) is 7.94. The van der Waals surface area contributed by atoms with Crippen LogP contribution in [0.1, 0.15) is 50.4 Å². The lowest BCUT2D eigenvalue weighted by Gasteiger charge is -2.34. The van der Waals surface area contributed by atoms with Gasteiger partial charge in [0.15, 0.2) is 0 Å².